The van der Waals surface area contributed by atoms with E-state index in [0.717, 1.165) is 0 Å². The normalized spacial score (nSPS) is 41.7. The second-order valence-electron chi connectivity index (χ2n) is 12.3. The number of ketones is 2. The summed E-state index contributed by atoms with van der Waals surface area (Å²) in [5.41, 5.74) is -7.57. The Morgan fingerprint density at radius 1 is 1.11 bits per heavy atom. The summed E-state index contributed by atoms with van der Waals surface area (Å²) in [6.45, 7) is 17.0. The minimum Gasteiger partial charge on any atom is -0.458 e. The van der Waals surface area contributed by atoms with Crippen LogP contribution in [0.1, 0.15) is 80.1 Å². The molecule has 0 amide bonds. The van der Waals surface area contributed by atoms with Crippen molar-refractivity contribution in [2.45, 2.75) is 115 Å². The molecule has 2 N–H and O–H groups in total. The molecule has 3 fully saturated rings. The van der Waals surface area contributed by atoms with Gasteiger partial charge in [-0.1, -0.05) is 33.4 Å². The molecule has 212 valence electrons. The molecule has 0 aromatic carbocycles. The fourth-order valence-corrected chi connectivity index (χ4v) is 7.46. The molecular formula is C29H42O9. The molecule has 0 bridgehead atoms. The highest BCUT2D eigenvalue weighted by atomic mass is 16.6. The number of Topliss-reactive ketones (excluding diaryl/α,β-unsaturated/α-hetero) is 1. The predicted octanol–water partition coefficient (Wildman–Crippen LogP) is 3.00. The van der Waals surface area contributed by atoms with Gasteiger partial charge >= 0.3 is 11.9 Å². The van der Waals surface area contributed by atoms with Gasteiger partial charge < -0.3 is 24.4 Å². The van der Waals surface area contributed by atoms with Crippen LogP contribution in [0.25, 0.3) is 0 Å². The van der Waals surface area contributed by atoms with Crippen molar-refractivity contribution in [3.63, 3.8) is 0 Å². The Bertz CT molecular complexity index is 1030. The van der Waals surface area contributed by atoms with Crippen molar-refractivity contribution >= 4 is 23.5 Å². The van der Waals surface area contributed by atoms with Gasteiger partial charge in [-0.25, -0.2) is 0 Å². The first-order chi connectivity index (χ1) is 17.4. The van der Waals surface area contributed by atoms with Crippen molar-refractivity contribution in [2.24, 2.45) is 16.7 Å². The number of fused-ring (bicyclic) bond motifs is 3. The average Bonchev–Trinajstić information content (AvgIpc) is 2.81. The van der Waals surface area contributed by atoms with Crippen LogP contribution in [0.15, 0.2) is 25.3 Å². The summed E-state index contributed by atoms with van der Waals surface area (Å²) >= 11 is 0. The maximum absolute atomic E-state index is 14.0. The van der Waals surface area contributed by atoms with Crippen molar-refractivity contribution in [1.82, 2.24) is 0 Å². The lowest BCUT2D eigenvalue weighted by Gasteiger charge is -2.71. The molecule has 38 heavy (non-hydrogen) atoms. The molecule has 1 saturated heterocycles. The number of hydrogen-bond donors (Lipinski definition) is 2. The second-order valence-corrected chi connectivity index (χ2v) is 12.3. The highest BCUT2D eigenvalue weighted by Gasteiger charge is 2.82. The van der Waals surface area contributed by atoms with Gasteiger partial charge in [0, 0.05) is 37.5 Å². The van der Waals surface area contributed by atoms with Crippen LogP contribution in [-0.4, -0.2) is 68.8 Å². The molecule has 9 nitrogen and oxygen atoms in total. The van der Waals surface area contributed by atoms with E-state index in [1.54, 1.807) is 13.8 Å². The van der Waals surface area contributed by atoms with Gasteiger partial charge in [0.15, 0.2) is 23.3 Å². The Morgan fingerprint density at radius 3 is 2.29 bits per heavy atom. The summed E-state index contributed by atoms with van der Waals surface area (Å²) in [5.74, 6) is -2.91. The van der Waals surface area contributed by atoms with Crippen molar-refractivity contribution in [1.29, 1.82) is 0 Å². The standard InChI is InChI=1S/C29H42O9/c1-9-18(31)12-11-13-21(34)37-22-23-25(4,5)15-14-19(32)27(23,7)29(35)20(33)16-26(6,10-2)38-28(29,8)24(22)36-17(3)30/h9-10,19,22-24,32,35H,1-2,11-16H2,3-8H3/t19-,22-,23?,24-,26-,27-,28+,29-/m0/s1. The fraction of sp³-hybridized carbons (Fsp3) is 0.724. The number of hydrogen-bond acceptors (Lipinski definition) is 9. The van der Waals surface area contributed by atoms with Crippen LogP contribution in [0.5, 0.6) is 0 Å². The fourth-order valence-electron chi connectivity index (χ4n) is 7.46. The molecular weight excluding hydrogens is 492 g/mol. The number of rotatable bonds is 8. The lowest BCUT2D eigenvalue weighted by molar-refractivity contribution is -0.371. The summed E-state index contributed by atoms with van der Waals surface area (Å²) in [7, 11) is 0. The van der Waals surface area contributed by atoms with Crippen LogP contribution in [0.2, 0.25) is 0 Å². The first-order valence-corrected chi connectivity index (χ1v) is 13.2. The van der Waals surface area contributed by atoms with Gasteiger partial charge in [-0.2, -0.15) is 0 Å². The van der Waals surface area contributed by atoms with Crippen LogP contribution < -0.4 is 0 Å². The van der Waals surface area contributed by atoms with Gasteiger partial charge in [-0.05, 0) is 44.6 Å². The molecule has 1 heterocycles. The molecule has 3 rings (SSSR count). The van der Waals surface area contributed by atoms with E-state index in [0.29, 0.717) is 12.8 Å². The van der Waals surface area contributed by atoms with E-state index in [2.05, 4.69) is 13.2 Å². The van der Waals surface area contributed by atoms with E-state index in [1.807, 2.05) is 13.8 Å². The van der Waals surface area contributed by atoms with Crippen molar-refractivity contribution in [3.05, 3.63) is 25.3 Å². The Labute approximate surface area is 224 Å². The molecule has 3 aliphatic rings. The Kier molecular flexibility index (Phi) is 7.94. The van der Waals surface area contributed by atoms with E-state index < -0.39 is 69.6 Å². The number of carbonyl (C=O) groups excluding carboxylic acids is 4. The lowest BCUT2D eigenvalue weighted by Crippen LogP contribution is -2.87. The van der Waals surface area contributed by atoms with Crippen molar-refractivity contribution < 1.29 is 43.6 Å². The first-order valence-electron chi connectivity index (χ1n) is 13.2. The van der Waals surface area contributed by atoms with Gasteiger partial charge in [-0.15, -0.1) is 6.58 Å². The molecule has 0 spiro atoms. The monoisotopic (exact) mass is 534 g/mol. The molecule has 9 heteroatoms. The van der Waals surface area contributed by atoms with Gasteiger partial charge in [0.05, 0.1) is 11.7 Å². The van der Waals surface area contributed by atoms with Crippen LogP contribution in [0.3, 0.4) is 0 Å². The van der Waals surface area contributed by atoms with Crippen LogP contribution >= 0.6 is 0 Å². The van der Waals surface area contributed by atoms with Gasteiger partial charge in [0.25, 0.3) is 0 Å². The van der Waals surface area contributed by atoms with E-state index in [9.17, 15) is 29.4 Å². The summed E-state index contributed by atoms with van der Waals surface area (Å²) < 4.78 is 18.3. The highest BCUT2D eigenvalue weighted by molar-refractivity contribution is 5.92. The Morgan fingerprint density at radius 2 is 1.74 bits per heavy atom. The van der Waals surface area contributed by atoms with E-state index in [4.69, 9.17) is 14.2 Å². The zero-order chi connectivity index (χ0) is 28.9. The zero-order valence-electron chi connectivity index (χ0n) is 23.4. The first kappa shape index (κ1) is 30.2. The molecule has 0 aromatic heterocycles. The Hall–Kier alpha value is -2.36. The van der Waals surface area contributed by atoms with Crippen LogP contribution in [0, 0.1) is 16.7 Å². The lowest BCUT2D eigenvalue weighted by atomic mass is 9.39. The summed E-state index contributed by atoms with van der Waals surface area (Å²) in [4.78, 5) is 51.1. The minimum absolute atomic E-state index is 0.0829. The van der Waals surface area contributed by atoms with Crippen LogP contribution in [0.4, 0.5) is 0 Å². The SMILES string of the molecule is C=CC(=O)CCCC(=O)O[C@H]1C2C(C)(C)CC[C@H](O)[C@]2(C)[C@@]2(O)C(=O)C[C@](C)(C=C)O[C@]2(C)[C@H]1OC(C)=O. The second kappa shape index (κ2) is 9.99. The topological polar surface area (TPSA) is 136 Å². The smallest absolute Gasteiger partial charge is 0.306 e. The number of esters is 2. The Balaban J connectivity index is 2.21. The van der Waals surface area contributed by atoms with Gasteiger partial charge in [0.1, 0.15) is 11.7 Å². The quantitative estimate of drug-likeness (QED) is 0.273. The molecule has 1 aliphatic heterocycles. The van der Waals surface area contributed by atoms with E-state index in [-0.39, 0.29) is 31.5 Å². The zero-order valence-corrected chi connectivity index (χ0v) is 23.4. The predicted molar refractivity (Wildman–Crippen MR) is 138 cm³/mol. The minimum atomic E-state index is -2.29. The highest BCUT2D eigenvalue weighted by Crippen LogP contribution is 2.67. The number of aliphatic hydroxyl groups excluding tert-OH is 1. The third-order valence-electron chi connectivity index (χ3n) is 9.29. The largest absolute Gasteiger partial charge is 0.458 e. The summed E-state index contributed by atoms with van der Waals surface area (Å²) in [6, 6.07) is 0. The van der Waals surface area contributed by atoms with E-state index in [1.165, 1.54) is 26.0 Å². The van der Waals surface area contributed by atoms with Crippen molar-refractivity contribution in [3.8, 4) is 0 Å². The summed E-state index contributed by atoms with van der Waals surface area (Å²) in [5, 5.41) is 24.0. The van der Waals surface area contributed by atoms with Gasteiger partial charge in [-0.3, -0.25) is 19.2 Å². The number of ether oxygens (including phenoxy) is 3. The third-order valence-corrected chi connectivity index (χ3v) is 9.29. The number of aliphatic hydroxyl groups is 2. The third kappa shape index (κ3) is 4.46. The van der Waals surface area contributed by atoms with Gasteiger partial charge in [0.2, 0.25) is 0 Å². The van der Waals surface area contributed by atoms with E-state index >= 15 is 0 Å². The van der Waals surface area contributed by atoms with Crippen molar-refractivity contribution in [2.75, 3.05) is 0 Å². The molecule has 0 radical (unpaired) electrons. The van der Waals surface area contributed by atoms with Crippen LogP contribution in [-0.2, 0) is 33.4 Å². The average molecular weight is 535 g/mol. The molecule has 2 aliphatic carbocycles. The summed E-state index contributed by atoms with van der Waals surface area (Å²) in [6.07, 6.45) is -0.173. The maximum atomic E-state index is 14.0. The molecule has 2 saturated carbocycles. The molecule has 0 aromatic rings. The molecule has 1 unspecified atom stereocenters. The number of carbonyl (C=O) groups is 4. The number of allylic oxidation sites excluding steroid dienone is 1. The maximum Gasteiger partial charge on any atom is 0.306 e. The molecule has 8 atom stereocenters.